The first-order valence-electron chi connectivity index (χ1n) is 8.15. The minimum Gasteiger partial charge on any atom is -0.440 e. The molecule has 6 heteroatoms. The number of carbonyl (C=O) groups excluding carboxylic acids is 1. The van der Waals surface area contributed by atoms with Crippen LogP contribution < -0.4 is 5.32 Å². The Kier molecular flexibility index (Phi) is 5.00. The van der Waals surface area contributed by atoms with E-state index in [2.05, 4.69) is 10.3 Å². The molecule has 0 spiro atoms. The van der Waals surface area contributed by atoms with Gasteiger partial charge in [-0.25, -0.2) is 9.78 Å². The van der Waals surface area contributed by atoms with Crippen LogP contribution in [0.4, 0.5) is 10.5 Å². The molecule has 3 aromatic rings. The first-order valence-corrected chi connectivity index (χ1v) is 8.15. The highest BCUT2D eigenvalue weighted by molar-refractivity contribution is 5.91. The molecule has 0 aliphatic rings. The molecular weight excluding hydrogens is 318 g/mol. The van der Waals surface area contributed by atoms with Crippen molar-refractivity contribution in [2.45, 2.75) is 19.4 Å². The van der Waals surface area contributed by atoms with Crippen molar-refractivity contribution in [1.82, 2.24) is 9.88 Å². The summed E-state index contributed by atoms with van der Waals surface area (Å²) in [6.45, 7) is 1.68. The van der Waals surface area contributed by atoms with E-state index in [1.807, 2.05) is 36.4 Å². The summed E-state index contributed by atoms with van der Waals surface area (Å²) < 4.78 is 5.81. The molecule has 0 aliphatic carbocycles. The van der Waals surface area contributed by atoms with Crippen molar-refractivity contribution in [3.8, 4) is 0 Å². The number of aliphatic hydroxyl groups is 1. The topological polar surface area (TPSA) is 78.6 Å². The normalized spacial score (nSPS) is 12.1. The van der Waals surface area contributed by atoms with Gasteiger partial charge in [0.25, 0.3) is 0 Å². The van der Waals surface area contributed by atoms with Crippen molar-refractivity contribution in [1.29, 1.82) is 0 Å². The number of likely N-dealkylation sites (N-methyl/N-ethyl adjacent to an activating group) is 1. The molecule has 2 aromatic carbocycles. The van der Waals surface area contributed by atoms with E-state index in [4.69, 9.17) is 9.52 Å². The highest BCUT2D eigenvalue weighted by Gasteiger charge is 2.15. The molecule has 6 nitrogen and oxygen atoms in total. The number of anilines is 1. The predicted octanol–water partition coefficient (Wildman–Crippen LogP) is 3.26. The van der Waals surface area contributed by atoms with Crippen molar-refractivity contribution >= 4 is 22.8 Å². The van der Waals surface area contributed by atoms with Gasteiger partial charge in [-0.2, -0.15) is 0 Å². The Morgan fingerprint density at radius 3 is 2.76 bits per heavy atom. The molecule has 0 fully saturated rings. The van der Waals surface area contributed by atoms with Gasteiger partial charge in [-0.1, -0.05) is 30.3 Å². The third-order valence-corrected chi connectivity index (χ3v) is 4.13. The third kappa shape index (κ3) is 3.97. The number of nitrogens with one attached hydrogen (secondary N) is 1. The molecule has 0 saturated heterocycles. The number of carbonyl (C=O) groups is 1. The summed E-state index contributed by atoms with van der Waals surface area (Å²) in [7, 11) is 1.64. The average molecular weight is 339 g/mol. The van der Waals surface area contributed by atoms with Gasteiger partial charge in [-0.3, -0.25) is 0 Å². The number of benzene rings is 2. The summed E-state index contributed by atoms with van der Waals surface area (Å²) in [6.07, 6.45) is 0.619. The van der Waals surface area contributed by atoms with Gasteiger partial charge in [0.05, 0.1) is 12.6 Å². The lowest BCUT2D eigenvalue weighted by Crippen LogP contribution is -2.40. The highest BCUT2D eigenvalue weighted by atomic mass is 16.3. The summed E-state index contributed by atoms with van der Waals surface area (Å²) >= 11 is 0. The van der Waals surface area contributed by atoms with E-state index in [1.165, 1.54) is 4.90 Å². The first-order chi connectivity index (χ1) is 12.1. The summed E-state index contributed by atoms with van der Waals surface area (Å²) in [4.78, 5) is 18.1. The number of amides is 2. The second-order valence-electron chi connectivity index (χ2n) is 6.03. The van der Waals surface area contributed by atoms with Crippen LogP contribution in [0.2, 0.25) is 0 Å². The van der Waals surface area contributed by atoms with Crippen LogP contribution in [-0.2, 0) is 6.42 Å². The molecule has 1 unspecified atom stereocenters. The summed E-state index contributed by atoms with van der Waals surface area (Å²) in [6, 6.07) is 14.8. The number of fused-ring (bicyclic) bond motifs is 1. The van der Waals surface area contributed by atoms with Crippen LogP contribution in [0.3, 0.4) is 0 Å². The van der Waals surface area contributed by atoms with Gasteiger partial charge < -0.3 is 19.7 Å². The van der Waals surface area contributed by atoms with Gasteiger partial charge in [0.1, 0.15) is 5.52 Å². The van der Waals surface area contributed by atoms with Crippen LogP contribution in [0, 0.1) is 0 Å². The van der Waals surface area contributed by atoms with E-state index in [0.29, 0.717) is 23.6 Å². The molecular formula is C19H21N3O3. The molecule has 130 valence electrons. The Morgan fingerprint density at radius 2 is 2.04 bits per heavy atom. The Balaban J connectivity index is 1.75. The molecule has 1 heterocycles. The zero-order chi connectivity index (χ0) is 17.8. The number of hydrogen-bond donors (Lipinski definition) is 2. The minimum atomic E-state index is -0.287. The van der Waals surface area contributed by atoms with E-state index in [0.717, 1.165) is 11.1 Å². The summed E-state index contributed by atoms with van der Waals surface area (Å²) in [5.41, 5.74) is 3.13. The van der Waals surface area contributed by atoms with Gasteiger partial charge in [-0.05, 0) is 24.6 Å². The lowest BCUT2D eigenvalue weighted by Gasteiger charge is -2.23. The van der Waals surface area contributed by atoms with Gasteiger partial charge >= 0.3 is 6.03 Å². The molecule has 3 rings (SSSR count). The van der Waals surface area contributed by atoms with Crippen LogP contribution in [0.5, 0.6) is 0 Å². The van der Waals surface area contributed by atoms with E-state index in [-0.39, 0.29) is 18.7 Å². The molecule has 0 saturated carbocycles. The fourth-order valence-corrected chi connectivity index (χ4v) is 2.43. The number of nitrogens with zero attached hydrogens (tertiary/aromatic N) is 2. The molecule has 25 heavy (non-hydrogen) atoms. The molecule has 2 N–H and O–H groups in total. The first kappa shape index (κ1) is 17.0. The van der Waals surface area contributed by atoms with Gasteiger partial charge in [-0.15, -0.1) is 0 Å². The number of aliphatic hydroxyl groups excluding tert-OH is 1. The van der Waals surface area contributed by atoms with Crippen LogP contribution in [0.15, 0.2) is 52.9 Å². The monoisotopic (exact) mass is 339 g/mol. The number of rotatable bonds is 5. The molecule has 1 atom stereocenters. The maximum absolute atomic E-state index is 12.2. The minimum absolute atomic E-state index is 0.0894. The number of oxazole rings is 1. The van der Waals surface area contributed by atoms with E-state index in [1.54, 1.807) is 26.1 Å². The van der Waals surface area contributed by atoms with Crippen LogP contribution in [0.1, 0.15) is 18.4 Å². The average Bonchev–Trinajstić information content (AvgIpc) is 3.02. The van der Waals surface area contributed by atoms with Crippen LogP contribution >= 0.6 is 0 Å². The Hall–Kier alpha value is -2.86. The number of aromatic nitrogens is 1. The Morgan fingerprint density at radius 1 is 1.28 bits per heavy atom. The number of hydrogen-bond acceptors (Lipinski definition) is 4. The molecule has 1 aromatic heterocycles. The maximum atomic E-state index is 12.2. The molecule has 2 amide bonds. The molecule has 0 bridgehead atoms. The predicted molar refractivity (Wildman–Crippen MR) is 96.6 cm³/mol. The number of urea groups is 1. The second-order valence-corrected chi connectivity index (χ2v) is 6.03. The second kappa shape index (κ2) is 7.36. The smallest absolute Gasteiger partial charge is 0.321 e. The molecule has 0 radical (unpaired) electrons. The lowest BCUT2D eigenvalue weighted by molar-refractivity contribution is 0.166. The van der Waals surface area contributed by atoms with Crippen LogP contribution in [0.25, 0.3) is 11.1 Å². The largest absolute Gasteiger partial charge is 0.440 e. The quantitative estimate of drug-likeness (QED) is 0.748. The lowest BCUT2D eigenvalue weighted by atomic mass is 10.1. The zero-order valence-electron chi connectivity index (χ0n) is 14.3. The van der Waals surface area contributed by atoms with E-state index < -0.39 is 0 Å². The van der Waals surface area contributed by atoms with Gasteiger partial charge in [0, 0.05) is 25.2 Å². The summed E-state index contributed by atoms with van der Waals surface area (Å²) in [5, 5.41) is 11.9. The Labute approximate surface area is 146 Å². The standard InChI is InChI=1S/C19H21N3O3/c1-13(12-23)22(2)19(24)20-15-8-9-16-17(11-15)25-18(21-16)10-14-6-4-3-5-7-14/h3-9,11,13,23H,10,12H2,1-2H3,(H,20,24). The zero-order valence-corrected chi connectivity index (χ0v) is 14.3. The fraction of sp³-hybridized carbons (Fsp3) is 0.263. The van der Waals surface area contributed by atoms with Gasteiger partial charge in [0.2, 0.25) is 0 Å². The van der Waals surface area contributed by atoms with Crippen molar-refractivity contribution in [2.24, 2.45) is 0 Å². The van der Waals surface area contributed by atoms with Crippen molar-refractivity contribution in [2.75, 3.05) is 19.0 Å². The maximum Gasteiger partial charge on any atom is 0.321 e. The fourth-order valence-electron chi connectivity index (χ4n) is 2.43. The van der Waals surface area contributed by atoms with Crippen molar-refractivity contribution in [3.05, 3.63) is 60.0 Å². The Bertz CT molecular complexity index is 861. The third-order valence-electron chi connectivity index (χ3n) is 4.13. The van der Waals surface area contributed by atoms with Crippen molar-refractivity contribution < 1.29 is 14.3 Å². The van der Waals surface area contributed by atoms with E-state index >= 15 is 0 Å². The molecule has 0 aliphatic heterocycles. The van der Waals surface area contributed by atoms with Gasteiger partial charge in [0.15, 0.2) is 11.5 Å². The van der Waals surface area contributed by atoms with Crippen LogP contribution in [-0.4, -0.2) is 40.7 Å². The van der Waals surface area contributed by atoms with Crippen molar-refractivity contribution in [3.63, 3.8) is 0 Å². The highest BCUT2D eigenvalue weighted by Crippen LogP contribution is 2.22. The summed E-state index contributed by atoms with van der Waals surface area (Å²) in [5.74, 6) is 0.635. The SMILES string of the molecule is CC(CO)N(C)C(=O)Nc1ccc2nc(Cc3ccccc3)oc2c1. The van der Waals surface area contributed by atoms with E-state index in [9.17, 15) is 4.79 Å².